The summed E-state index contributed by atoms with van der Waals surface area (Å²) in [5.41, 5.74) is 5.53. The van der Waals surface area contributed by atoms with Crippen molar-refractivity contribution in [3.8, 4) is 0 Å². The van der Waals surface area contributed by atoms with Crippen molar-refractivity contribution < 1.29 is 14.3 Å². The topological polar surface area (TPSA) is 76.5 Å². The first-order valence-electron chi connectivity index (χ1n) is 9.79. The molecule has 148 valence electrons. The van der Waals surface area contributed by atoms with Gasteiger partial charge in [0, 0.05) is 42.9 Å². The van der Waals surface area contributed by atoms with E-state index in [1.165, 1.54) is 11.3 Å². The Morgan fingerprint density at radius 3 is 3.00 bits per heavy atom. The minimum Gasteiger partial charge on any atom is -0.376 e. The van der Waals surface area contributed by atoms with E-state index in [9.17, 15) is 9.59 Å². The standard InChI is InChI=1S/C21H26N4O3/c1-14-3-4-18(9-15(14)2)24-12-16(10-20(24)26)21(27)22-6-7-25-19-5-8-28-13-17(19)11-23-25/h3-4,9,11,16H,5-8,10,12-13H2,1-2H3,(H,22,27). The molecule has 7 nitrogen and oxygen atoms in total. The number of carbonyl (C=O) groups is 2. The molecule has 7 heteroatoms. The zero-order chi connectivity index (χ0) is 19.7. The highest BCUT2D eigenvalue weighted by molar-refractivity contribution is 6.00. The van der Waals surface area contributed by atoms with Gasteiger partial charge in [0.05, 0.1) is 31.9 Å². The van der Waals surface area contributed by atoms with E-state index >= 15 is 0 Å². The van der Waals surface area contributed by atoms with Gasteiger partial charge in [-0.3, -0.25) is 14.3 Å². The van der Waals surface area contributed by atoms with Gasteiger partial charge in [0.1, 0.15) is 0 Å². The third-order valence-electron chi connectivity index (χ3n) is 5.70. The van der Waals surface area contributed by atoms with Crippen LogP contribution in [-0.2, 0) is 33.9 Å². The second-order valence-electron chi connectivity index (χ2n) is 7.61. The van der Waals surface area contributed by atoms with Crippen LogP contribution in [0.3, 0.4) is 0 Å². The van der Waals surface area contributed by atoms with Gasteiger partial charge >= 0.3 is 0 Å². The van der Waals surface area contributed by atoms with Crippen LogP contribution in [-0.4, -0.2) is 41.3 Å². The van der Waals surface area contributed by atoms with Crippen LogP contribution in [0.2, 0.25) is 0 Å². The van der Waals surface area contributed by atoms with E-state index in [1.807, 2.05) is 42.9 Å². The lowest BCUT2D eigenvalue weighted by atomic mass is 10.1. The second-order valence-corrected chi connectivity index (χ2v) is 7.61. The van der Waals surface area contributed by atoms with Gasteiger partial charge in [-0.2, -0.15) is 5.10 Å². The van der Waals surface area contributed by atoms with E-state index in [1.54, 1.807) is 4.90 Å². The Labute approximate surface area is 164 Å². The number of hydrogen-bond acceptors (Lipinski definition) is 4. The predicted molar refractivity (Wildman–Crippen MR) is 105 cm³/mol. The molecule has 0 radical (unpaired) electrons. The van der Waals surface area contributed by atoms with Crippen LogP contribution >= 0.6 is 0 Å². The van der Waals surface area contributed by atoms with Crippen molar-refractivity contribution in [3.05, 3.63) is 46.8 Å². The number of hydrogen-bond donors (Lipinski definition) is 1. The fourth-order valence-electron chi connectivity index (χ4n) is 3.86. The fourth-order valence-corrected chi connectivity index (χ4v) is 3.86. The molecule has 1 atom stereocenters. The molecule has 1 saturated heterocycles. The Hall–Kier alpha value is -2.67. The van der Waals surface area contributed by atoms with Crippen LogP contribution < -0.4 is 10.2 Å². The van der Waals surface area contributed by atoms with E-state index in [0.717, 1.165) is 23.2 Å². The lowest BCUT2D eigenvalue weighted by molar-refractivity contribution is -0.126. The van der Waals surface area contributed by atoms with Crippen molar-refractivity contribution in [2.45, 2.75) is 39.8 Å². The van der Waals surface area contributed by atoms with E-state index < -0.39 is 0 Å². The maximum absolute atomic E-state index is 12.6. The second kappa shape index (κ2) is 7.75. The average molecular weight is 382 g/mol. The highest BCUT2D eigenvalue weighted by atomic mass is 16.5. The molecule has 2 aliphatic heterocycles. The normalized spacial score (nSPS) is 19.0. The molecule has 4 rings (SSSR count). The van der Waals surface area contributed by atoms with E-state index in [2.05, 4.69) is 10.4 Å². The van der Waals surface area contributed by atoms with Crippen molar-refractivity contribution in [1.29, 1.82) is 0 Å². The summed E-state index contributed by atoms with van der Waals surface area (Å²) < 4.78 is 7.37. The minimum atomic E-state index is -0.311. The summed E-state index contributed by atoms with van der Waals surface area (Å²) in [4.78, 5) is 26.7. The number of nitrogens with one attached hydrogen (secondary N) is 1. The molecule has 2 aromatic rings. The summed E-state index contributed by atoms with van der Waals surface area (Å²) >= 11 is 0. The summed E-state index contributed by atoms with van der Waals surface area (Å²) in [6, 6.07) is 5.98. The molecular weight excluding hydrogens is 356 g/mol. The van der Waals surface area contributed by atoms with Gasteiger partial charge in [-0.1, -0.05) is 6.07 Å². The predicted octanol–water partition coefficient (Wildman–Crippen LogP) is 1.74. The molecule has 1 N–H and O–H groups in total. The van der Waals surface area contributed by atoms with Gasteiger partial charge in [0.2, 0.25) is 11.8 Å². The summed E-state index contributed by atoms with van der Waals surface area (Å²) in [6.07, 6.45) is 2.95. The smallest absolute Gasteiger partial charge is 0.227 e. The van der Waals surface area contributed by atoms with Gasteiger partial charge < -0.3 is 15.0 Å². The van der Waals surface area contributed by atoms with Crippen LogP contribution in [0.5, 0.6) is 0 Å². The number of amides is 2. The third-order valence-corrected chi connectivity index (χ3v) is 5.70. The maximum Gasteiger partial charge on any atom is 0.227 e. The van der Waals surface area contributed by atoms with Crippen LogP contribution in [0.25, 0.3) is 0 Å². The van der Waals surface area contributed by atoms with Crippen LogP contribution in [0, 0.1) is 19.8 Å². The summed E-state index contributed by atoms with van der Waals surface area (Å²) in [5.74, 6) is -0.373. The highest BCUT2D eigenvalue weighted by Gasteiger charge is 2.35. The number of benzene rings is 1. The van der Waals surface area contributed by atoms with E-state index in [0.29, 0.717) is 32.8 Å². The molecule has 1 aromatic carbocycles. The van der Waals surface area contributed by atoms with Crippen molar-refractivity contribution in [3.63, 3.8) is 0 Å². The Morgan fingerprint density at radius 2 is 2.18 bits per heavy atom. The van der Waals surface area contributed by atoms with Crippen molar-refractivity contribution >= 4 is 17.5 Å². The van der Waals surface area contributed by atoms with Crippen molar-refractivity contribution in [2.75, 3.05) is 24.6 Å². The van der Waals surface area contributed by atoms with Crippen LogP contribution in [0.4, 0.5) is 5.69 Å². The number of carbonyl (C=O) groups excluding carboxylic acids is 2. The minimum absolute atomic E-state index is 0.00421. The largest absolute Gasteiger partial charge is 0.376 e. The molecule has 1 fully saturated rings. The first kappa shape index (κ1) is 18.7. The lowest BCUT2D eigenvalue weighted by Gasteiger charge is -2.18. The first-order valence-corrected chi connectivity index (χ1v) is 9.79. The third kappa shape index (κ3) is 3.67. The Kier molecular flexibility index (Phi) is 5.17. The van der Waals surface area contributed by atoms with Gasteiger partial charge in [-0.15, -0.1) is 0 Å². The molecule has 0 spiro atoms. The monoisotopic (exact) mass is 382 g/mol. The summed E-state index contributed by atoms with van der Waals surface area (Å²) in [6.45, 7) is 6.96. The average Bonchev–Trinajstić information content (AvgIpc) is 3.28. The number of fused-ring (bicyclic) bond motifs is 1. The number of nitrogens with zero attached hydrogens (tertiary/aromatic N) is 3. The molecule has 0 aliphatic carbocycles. The van der Waals surface area contributed by atoms with Gasteiger partial charge in [-0.25, -0.2) is 0 Å². The fraction of sp³-hybridized carbons (Fsp3) is 0.476. The SMILES string of the molecule is Cc1ccc(N2CC(C(=O)NCCn3ncc4c3CCOC4)CC2=O)cc1C. The Morgan fingerprint density at radius 1 is 1.32 bits per heavy atom. The summed E-state index contributed by atoms with van der Waals surface area (Å²) in [5, 5.41) is 7.37. The molecule has 1 aromatic heterocycles. The maximum atomic E-state index is 12.6. The Bertz CT molecular complexity index is 905. The zero-order valence-electron chi connectivity index (χ0n) is 16.4. The highest BCUT2D eigenvalue weighted by Crippen LogP contribution is 2.27. The molecule has 1 unspecified atom stereocenters. The first-order chi connectivity index (χ1) is 13.5. The van der Waals surface area contributed by atoms with Crippen molar-refractivity contribution in [2.24, 2.45) is 5.92 Å². The molecule has 28 heavy (non-hydrogen) atoms. The number of rotatable bonds is 5. The van der Waals surface area contributed by atoms with Gasteiger partial charge in [0.15, 0.2) is 0 Å². The lowest BCUT2D eigenvalue weighted by Crippen LogP contribution is -2.35. The van der Waals surface area contributed by atoms with E-state index in [4.69, 9.17) is 4.74 Å². The van der Waals surface area contributed by atoms with Crippen LogP contribution in [0.1, 0.15) is 28.8 Å². The quantitative estimate of drug-likeness (QED) is 0.855. The molecule has 3 heterocycles. The van der Waals surface area contributed by atoms with Gasteiger partial charge in [0.25, 0.3) is 0 Å². The number of ether oxygens (including phenoxy) is 1. The zero-order valence-corrected chi connectivity index (χ0v) is 16.4. The number of aryl methyl sites for hydroxylation is 2. The molecule has 0 saturated carbocycles. The molecule has 2 aliphatic rings. The molecule has 0 bridgehead atoms. The van der Waals surface area contributed by atoms with Gasteiger partial charge in [-0.05, 0) is 37.1 Å². The molecule has 2 amide bonds. The molecular formula is C21H26N4O3. The van der Waals surface area contributed by atoms with Crippen molar-refractivity contribution in [1.82, 2.24) is 15.1 Å². The van der Waals surface area contributed by atoms with Crippen LogP contribution in [0.15, 0.2) is 24.4 Å². The number of anilines is 1. The summed E-state index contributed by atoms with van der Waals surface area (Å²) in [7, 11) is 0. The number of aromatic nitrogens is 2. The van der Waals surface area contributed by atoms with E-state index in [-0.39, 0.29) is 24.2 Å². The Balaban J connectivity index is 1.32.